The molecule has 1 aromatic rings. The van der Waals surface area contributed by atoms with Crippen LogP contribution in [-0.4, -0.2) is 19.4 Å². The van der Waals surface area contributed by atoms with E-state index in [1.807, 2.05) is 22.6 Å². The van der Waals surface area contributed by atoms with Gasteiger partial charge in [0.2, 0.25) is 0 Å². The quantitative estimate of drug-likeness (QED) is 0.370. The molecule has 0 aliphatic heterocycles. The molecule has 15 heavy (non-hydrogen) atoms. The Morgan fingerprint density at radius 3 is 2.60 bits per heavy atom. The summed E-state index contributed by atoms with van der Waals surface area (Å²) in [4.78, 5) is 21.4. The number of carbonyl (C=O) groups is 2. The normalized spacial score (nSPS) is 9.53. The van der Waals surface area contributed by atoms with Crippen LogP contribution in [0, 0.1) is 3.57 Å². The summed E-state index contributed by atoms with van der Waals surface area (Å²) in [5.74, 6) is 0.292. The summed E-state index contributed by atoms with van der Waals surface area (Å²) in [6, 6.07) is 3.14. The van der Waals surface area contributed by atoms with E-state index in [4.69, 9.17) is 9.47 Å². The van der Waals surface area contributed by atoms with Crippen molar-refractivity contribution >= 4 is 34.8 Å². The Kier molecular flexibility index (Phi) is 4.07. The molecule has 0 bridgehead atoms. The summed E-state index contributed by atoms with van der Waals surface area (Å²) in [6.07, 6.45) is 0.711. The zero-order valence-corrected chi connectivity index (χ0v) is 10.4. The summed E-state index contributed by atoms with van der Waals surface area (Å²) in [5.41, 5.74) is 0.479. The average molecular weight is 320 g/mol. The predicted octanol–water partition coefficient (Wildman–Crippen LogP) is 2.04. The molecule has 0 aromatic heterocycles. The van der Waals surface area contributed by atoms with Gasteiger partial charge in [0.15, 0.2) is 11.5 Å². The van der Waals surface area contributed by atoms with Crippen molar-refractivity contribution in [2.75, 3.05) is 7.11 Å². The van der Waals surface area contributed by atoms with Crippen molar-refractivity contribution in [3.8, 4) is 11.5 Å². The second-order valence-electron chi connectivity index (χ2n) is 2.75. The summed E-state index contributed by atoms with van der Waals surface area (Å²) in [7, 11) is 1.45. The van der Waals surface area contributed by atoms with Crippen LogP contribution in [0.2, 0.25) is 0 Å². The van der Waals surface area contributed by atoms with Gasteiger partial charge >= 0.3 is 5.97 Å². The first-order valence-electron chi connectivity index (χ1n) is 4.09. The maximum atomic E-state index is 10.8. The molecule has 0 amide bonds. The van der Waals surface area contributed by atoms with Crippen LogP contribution in [0.15, 0.2) is 12.1 Å². The summed E-state index contributed by atoms with van der Waals surface area (Å²) in [5, 5.41) is 0. The summed E-state index contributed by atoms with van der Waals surface area (Å²) >= 11 is 1.98. The Morgan fingerprint density at radius 1 is 1.47 bits per heavy atom. The van der Waals surface area contributed by atoms with Gasteiger partial charge in [0.05, 0.1) is 10.7 Å². The lowest BCUT2D eigenvalue weighted by molar-refractivity contribution is -0.132. The van der Waals surface area contributed by atoms with Crippen molar-refractivity contribution in [3.05, 3.63) is 21.3 Å². The fourth-order valence-electron chi connectivity index (χ4n) is 1.05. The summed E-state index contributed by atoms with van der Waals surface area (Å²) < 4.78 is 10.7. The second-order valence-corrected chi connectivity index (χ2v) is 3.91. The summed E-state index contributed by atoms with van der Waals surface area (Å²) in [6.45, 7) is 1.31. The molecular weight excluding hydrogens is 311 g/mol. The Labute approximate surface area is 101 Å². The highest BCUT2D eigenvalue weighted by atomic mass is 127. The van der Waals surface area contributed by atoms with E-state index in [1.165, 1.54) is 20.1 Å². The highest BCUT2D eigenvalue weighted by Gasteiger charge is 2.13. The van der Waals surface area contributed by atoms with Crippen LogP contribution in [0.3, 0.4) is 0 Å². The third kappa shape index (κ3) is 2.92. The van der Waals surface area contributed by atoms with Gasteiger partial charge < -0.3 is 9.47 Å². The number of carbonyl (C=O) groups excluding carboxylic acids is 2. The van der Waals surface area contributed by atoms with Gasteiger partial charge in [0.1, 0.15) is 6.29 Å². The van der Waals surface area contributed by atoms with Gasteiger partial charge in [0, 0.05) is 12.5 Å². The SMILES string of the molecule is COc1cc(C=O)cc(I)c1OC(C)=O. The lowest BCUT2D eigenvalue weighted by Gasteiger charge is -2.10. The van der Waals surface area contributed by atoms with Crippen LogP contribution in [-0.2, 0) is 4.79 Å². The molecule has 0 heterocycles. The van der Waals surface area contributed by atoms with Crippen molar-refractivity contribution in [3.63, 3.8) is 0 Å². The van der Waals surface area contributed by atoms with Crippen LogP contribution in [0.4, 0.5) is 0 Å². The maximum absolute atomic E-state index is 10.8. The number of benzene rings is 1. The number of ether oxygens (including phenoxy) is 2. The average Bonchev–Trinajstić information content (AvgIpc) is 2.20. The van der Waals surface area contributed by atoms with Gasteiger partial charge in [-0.15, -0.1) is 0 Å². The first-order chi connectivity index (χ1) is 7.08. The molecule has 0 saturated carbocycles. The van der Waals surface area contributed by atoms with Gasteiger partial charge in [0.25, 0.3) is 0 Å². The van der Waals surface area contributed by atoms with Crippen molar-refractivity contribution < 1.29 is 19.1 Å². The highest BCUT2D eigenvalue weighted by molar-refractivity contribution is 14.1. The van der Waals surface area contributed by atoms with E-state index in [9.17, 15) is 9.59 Å². The first-order valence-corrected chi connectivity index (χ1v) is 5.17. The molecule has 0 spiro atoms. The Morgan fingerprint density at radius 2 is 2.13 bits per heavy atom. The largest absolute Gasteiger partial charge is 0.493 e. The molecule has 5 heteroatoms. The fourth-order valence-corrected chi connectivity index (χ4v) is 1.79. The van der Waals surface area contributed by atoms with Gasteiger partial charge in [-0.25, -0.2) is 0 Å². The molecule has 1 aromatic carbocycles. The highest BCUT2D eigenvalue weighted by Crippen LogP contribution is 2.33. The van der Waals surface area contributed by atoms with E-state index in [0.29, 0.717) is 26.9 Å². The molecule has 0 saturated heterocycles. The lowest BCUT2D eigenvalue weighted by atomic mass is 10.2. The molecule has 0 radical (unpaired) electrons. The van der Waals surface area contributed by atoms with Crippen molar-refractivity contribution in [2.24, 2.45) is 0 Å². The third-order valence-electron chi connectivity index (χ3n) is 1.63. The minimum absolute atomic E-state index is 0.344. The standard InChI is InChI=1S/C10H9IO4/c1-6(13)15-10-8(11)3-7(5-12)4-9(10)14-2/h3-5H,1-2H3. The Bertz CT molecular complexity index is 401. The van der Waals surface area contributed by atoms with Crippen LogP contribution in [0.5, 0.6) is 11.5 Å². The van der Waals surface area contributed by atoms with E-state index < -0.39 is 5.97 Å². The Balaban J connectivity index is 3.23. The van der Waals surface area contributed by atoms with Crippen molar-refractivity contribution in [1.29, 1.82) is 0 Å². The number of esters is 1. The fraction of sp³-hybridized carbons (Fsp3) is 0.200. The Hall–Kier alpha value is -1.11. The van der Waals surface area contributed by atoms with Crippen LogP contribution in [0.1, 0.15) is 17.3 Å². The third-order valence-corrected chi connectivity index (χ3v) is 2.43. The smallest absolute Gasteiger partial charge is 0.308 e. The van der Waals surface area contributed by atoms with E-state index >= 15 is 0 Å². The minimum atomic E-state index is -0.426. The van der Waals surface area contributed by atoms with Gasteiger partial charge in [-0.3, -0.25) is 9.59 Å². The van der Waals surface area contributed by atoms with E-state index in [0.717, 1.165) is 0 Å². The number of aldehydes is 1. The molecule has 0 N–H and O–H groups in total. The topological polar surface area (TPSA) is 52.6 Å². The van der Waals surface area contributed by atoms with E-state index in [1.54, 1.807) is 6.07 Å². The molecule has 80 valence electrons. The number of methoxy groups -OCH3 is 1. The zero-order chi connectivity index (χ0) is 11.4. The van der Waals surface area contributed by atoms with Crippen LogP contribution >= 0.6 is 22.6 Å². The van der Waals surface area contributed by atoms with Gasteiger partial charge in [-0.2, -0.15) is 0 Å². The van der Waals surface area contributed by atoms with Gasteiger partial charge in [-0.05, 0) is 34.7 Å². The molecule has 0 aliphatic rings. The molecule has 0 atom stereocenters. The number of hydrogen-bond acceptors (Lipinski definition) is 4. The van der Waals surface area contributed by atoms with Crippen molar-refractivity contribution in [2.45, 2.75) is 6.92 Å². The molecule has 0 unspecified atom stereocenters. The van der Waals surface area contributed by atoms with E-state index in [-0.39, 0.29) is 0 Å². The van der Waals surface area contributed by atoms with Gasteiger partial charge in [-0.1, -0.05) is 0 Å². The van der Waals surface area contributed by atoms with Crippen molar-refractivity contribution in [1.82, 2.24) is 0 Å². The second kappa shape index (κ2) is 5.11. The van der Waals surface area contributed by atoms with E-state index in [2.05, 4.69) is 0 Å². The number of halogens is 1. The van der Waals surface area contributed by atoms with Crippen LogP contribution in [0.25, 0.3) is 0 Å². The molecular formula is C10H9IO4. The monoisotopic (exact) mass is 320 g/mol. The molecule has 1 rings (SSSR count). The number of hydrogen-bond donors (Lipinski definition) is 0. The minimum Gasteiger partial charge on any atom is -0.493 e. The maximum Gasteiger partial charge on any atom is 0.308 e. The lowest BCUT2D eigenvalue weighted by Crippen LogP contribution is -2.05. The zero-order valence-electron chi connectivity index (χ0n) is 8.24. The molecule has 4 nitrogen and oxygen atoms in total. The molecule has 0 fully saturated rings. The first kappa shape index (κ1) is 12.0. The number of rotatable bonds is 3. The van der Waals surface area contributed by atoms with Crippen LogP contribution < -0.4 is 9.47 Å². The predicted molar refractivity (Wildman–Crippen MR) is 62.4 cm³/mol. The molecule has 0 aliphatic carbocycles.